The molecular weight excluding hydrogens is 449 g/mol. The van der Waals surface area contributed by atoms with Crippen molar-refractivity contribution >= 4 is 35.6 Å². The first kappa shape index (κ1) is 21.8. The van der Waals surface area contributed by atoms with Gasteiger partial charge in [0.1, 0.15) is 0 Å². The molecule has 5 nitrogen and oxygen atoms in total. The van der Waals surface area contributed by atoms with Gasteiger partial charge in [-0.05, 0) is 30.5 Å². The van der Waals surface area contributed by atoms with Crippen molar-refractivity contribution in [3.05, 3.63) is 54.6 Å². The summed E-state index contributed by atoms with van der Waals surface area (Å²) in [5, 5.41) is 7.01. The van der Waals surface area contributed by atoms with Crippen LogP contribution in [0.15, 0.2) is 54.1 Å². The summed E-state index contributed by atoms with van der Waals surface area (Å²) >= 11 is 0. The van der Waals surface area contributed by atoms with Crippen LogP contribution in [0, 0.1) is 0 Å². The molecule has 1 fully saturated rings. The van der Waals surface area contributed by atoms with E-state index in [1.54, 1.807) is 0 Å². The summed E-state index contributed by atoms with van der Waals surface area (Å²) < 4.78 is 0. The number of rotatable bonds is 6. The molecule has 0 saturated carbocycles. The van der Waals surface area contributed by atoms with Crippen molar-refractivity contribution in [2.75, 3.05) is 44.7 Å². The second kappa shape index (κ2) is 11.3. The average molecular weight is 481 g/mol. The van der Waals surface area contributed by atoms with Gasteiger partial charge in [-0.3, -0.25) is 9.89 Å². The van der Waals surface area contributed by atoms with Crippen molar-refractivity contribution < 1.29 is 0 Å². The van der Waals surface area contributed by atoms with Crippen molar-refractivity contribution in [1.29, 1.82) is 0 Å². The Balaban J connectivity index is 0.00000261. The van der Waals surface area contributed by atoms with Gasteiger partial charge in [0.15, 0.2) is 5.96 Å². The molecule has 2 aliphatic rings. The van der Waals surface area contributed by atoms with Gasteiger partial charge in [0.2, 0.25) is 0 Å². The zero-order chi connectivity index (χ0) is 18.2. The number of piperidine rings is 1. The van der Waals surface area contributed by atoms with E-state index in [1.807, 2.05) is 13.1 Å². The molecule has 1 saturated heterocycles. The molecule has 2 N–H and O–H groups in total. The predicted octanol–water partition coefficient (Wildman–Crippen LogP) is 3.00. The molecule has 0 aromatic heterocycles. The first-order valence-corrected chi connectivity index (χ1v) is 9.58. The molecule has 2 aliphatic heterocycles. The summed E-state index contributed by atoms with van der Waals surface area (Å²) in [7, 11) is 1.84. The molecule has 0 atom stereocenters. The summed E-state index contributed by atoms with van der Waals surface area (Å²) in [5.74, 6) is 0.889. The van der Waals surface area contributed by atoms with E-state index < -0.39 is 0 Å². The first-order valence-electron chi connectivity index (χ1n) is 9.58. The number of hydrogen-bond acceptors (Lipinski definition) is 3. The molecule has 0 bridgehead atoms. The SMILES string of the molecule is C=CCN1CCC(NC(=NC)NCc2ccc(N3CC=CC3)cc2)CC1.I. The minimum absolute atomic E-state index is 0. The molecule has 148 valence electrons. The predicted molar refractivity (Wildman–Crippen MR) is 126 cm³/mol. The largest absolute Gasteiger partial charge is 0.364 e. The average Bonchev–Trinajstić information content (AvgIpc) is 3.22. The number of hydrogen-bond donors (Lipinski definition) is 2. The summed E-state index contributed by atoms with van der Waals surface area (Å²) in [6.45, 7) is 9.86. The normalized spacial score (nSPS) is 18.3. The van der Waals surface area contributed by atoms with E-state index in [1.165, 1.54) is 11.3 Å². The van der Waals surface area contributed by atoms with Gasteiger partial charge in [-0.2, -0.15) is 0 Å². The van der Waals surface area contributed by atoms with E-state index in [0.29, 0.717) is 6.04 Å². The van der Waals surface area contributed by atoms with Gasteiger partial charge in [0.25, 0.3) is 0 Å². The van der Waals surface area contributed by atoms with Crippen LogP contribution in [0.4, 0.5) is 5.69 Å². The molecule has 6 heteroatoms. The van der Waals surface area contributed by atoms with Crippen LogP contribution in [0.5, 0.6) is 0 Å². The second-order valence-electron chi connectivity index (χ2n) is 6.98. The maximum Gasteiger partial charge on any atom is 0.191 e. The number of guanidine groups is 1. The molecular formula is C21H32IN5. The zero-order valence-electron chi connectivity index (χ0n) is 16.2. The van der Waals surface area contributed by atoms with Crippen molar-refractivity contribution in [2.24, 2.45) is 4.99 Å². The Morgan fingerprint density at radius 2 is 1.85 bits per heavy atom. The van der Waals surface area contributed by atoms with E-state index in [0.717, 1.165) is 58.1 Å². The highest BCUT2D eigenvalue weighted by atomic mass is 127. The van der Waals surface area contributed by atoms with Gasteiger partial charge in [-0.1, -0.05) is 30.4 Å². The second-order valence-corrected chi connectivity index (χ2v) is 6.98. The lowest BCUT2D eigenvalue weighted by Crippen LogP contribution is -2.48. The number of likely N-dealkylation sites (tertiary alicyclic amines) is 1. The molecule has 0 spiro atoms. The van der Waals surface area contributed by atoms with Gasteiger partial charge in [-0.25, -0.2) is 0 Å². The Kier molecular flexibility index (Phi) is 9.14. The minimum Gasteiger partial charge on any atom is -0.364 e. The van der Waals surface area contributed by atoms with Crippen molar-refractivity contribution in [2.45, 2.75) is 25.4 Å². The maximum atomic E-state index is 4.38. The molecule has 2 heterocycles. The van der Waals surface area contributed by atoms with Crippen LogP contribution in [0.2, 0.25) is 0 Å². The van der Waals surface area contributed by atoms with Crippen molar-refractivity contribution in [1.82, 2.24) is 15.5 Å². The van der Waals surface area contributed by atoms with E-state index in [2.05, 4.69) is 68.4 Å². The number of nitrogens with zero attached hydrogens (tertiary/aromatic N) is 3. The topological polar surface area (TPSA) is 42.9 Å². The molecule has 1 aromatic carbocycles. The summed E-state index contributed by atoms with van der Waals surface area (Å²) in [6, 6.07) is 9.29. The monoisotopic (exact) mass is 481 g/mol. The standard InChI is InChI=1S/C21H31N5.HI/c1-3-12-25-15-10-19(11-16-25)24-21(22-2)23-17-18-6-8-20(9-7-18)26-13-4-5-14-26;/h3-9,19H,1,10-17H2,2H3,(H2,22,23,24);1H. The van der Waals surface area contributed by atoms with Gasteiger partial charge in [0, 0.05) is 58.0 Å². The summed E-state index contributed by atoms with van der Waals surface area (Å²) in [4.78, 5) is 9.18. The molecule has 0 unspecified atom stereocenters. The highest BCUT2D eigenvalue weighted by molar-refractivity contribution is 14.0. The third kappa shape index (κ3) is 6.53. The third-order valence-electron chi connectivity index (χ3n) is 5.12. The maximum absolute atomic E-state index is 4.38. The lowest BCUT2D eigenvalue weighted by Gasteiger charge is -2.32. The van der Waals surface area contributed by atoms with Crippen LogP contribution in [-0.2, 0) is 6.54 Å². The van der Waals surface area contributed by atoms with Gasteiger partial charge >= 0.3 is 0 Å². The Morgan fingerprint density at radius 1 is 1.19 bits per heavy atom. The fourth-order valence-corrected chi connectivity index (χ4v) is 3.53. The molecule has 3 rings (SSSR count). The molecule has 0 radical (unpaired) electrons. The number of anilines is 1. The minimum atomic E-state index is 0. The van der Waals surface area contributed by atoms with Gasteiger partial charge < -0.3 is 15.5 Å². The lowest BCUT2D eigenvalue weighted by atomic mass is 10.1. The number of nitrogens with one attached hydrogen (secondary N) is 2. The Bertz CT molecular complexity index is 624. The fourth-order valence-electron chi connectivity index (χ4n) is 3.53. The highest BCUT2D eigenvalue weighted by Gasteiger charge is 2.19. The molecule has 0 aliphatic carbocycles. The number of halogens is 1. The van der Waals surface area contributed by atoms with Gasteiger partial charge in [0.05, 0.1) is 0 Å². The van der Waals surface area contributed by atoms with Crippen LogP contribution < -0.4 is 15.5 Å². The summed E-state index contributed by atoms with van der Waals surface area (Å²) in [6.07, 6.45) is 8.71. The first-order chi connectivity index (χ1) is 12.8. The van der Waals surface area contributed by atoms with Crippen LogP contribution in [0.25, 0.3) is 0 Å². The van der Waals surface area contributed by atoms with E-state index in [9.17, 15) is 0 Å². The number of aliphatic imine (C=N–C) groups is 1. The highest BCUT2D eigenvalue weighted by Crippen LogP contribution is 2.17. The fraction of sp³-hybridized carbons (Fsp3) is 0.476. The number of benzene rings is 1. The Morgan fingerprint density at radius 3 is 2.44 bits per heavy atom. The molecule has 1 aromatic rings. The smallest absolute Gasteiger partial charge is 0.191 e. The Hall–Kier alpha value is -1.54. The van der Waals surface area contributed by atoms with Crippen LogP contribution in [0.3, 0.4) is 0 Å². The summed E-state index contributed by atoms with van der Waals surface area (Å²) in [5.41, 5.74) is 2.55. The van der Waals surface area contributed by atoms with Crippen molar-refractivity contribution in [3.8, 4) is 0 Å². The van der Waals surface area contributed by atoms with E-state index in [-0.39, 0.29) is 24.0 Å². The molecule has 0 amide bonds. The van der Waals surface area contributed by atoms with E-state index in [4.69, 9.17) is 0 Å². The van der Waals surface area contributed by atoms with E-state index >= 15 is 0 Å². The Labute approximate surface area is 180 Å². The van der Waals surface area contributed by atoms with Crippen LogP contribution in [0.1, 0.15) is 18.4 Å². The third-order valence-corrected chi connectivity index (χ3v) is 5.12. The van der Waals surface area contributed by atoms with Gasteiger partial charge in [-0.15, -0.1) is 30.6 Å². The lowest BCUT2D eigenvalue weighted by molar-refractivity contribution is 0.225. The van der Waals surface area contributed by atoms with Crippen LogP contribution in [-0.4, -0.2) is 56.7 Å². The van der Waals surface area contributed by atoms with Crippen molar-refractivity contribution in [3.63, 3.8) is 0 Å². The molecule has 27 heavy (non-hydrogen) atoms. The van der Waals surface area contributed by atoms with Crippen LogP contribution >= 0.6 is 24.0 Å². The zero-order valence-corrected chi connectivity index (χ0v) is 18.6. The quantitative estimate of drug-likeness (QED) is 0.284.